The third-order valence-corrected chi connectivity index (χ3v) is 4.55. The van der Waals surface area contributed by atoms with E-state index in [1.807, 2.05) is 33.0 Å². The number of nitrogens with one attached hydrogen (secondary N) is 1. The lowest BCUT2D eigenvalue weighted by atomic mass is 10.2. The highest BCUT2D eigenvalue weighted by molar-refractivity contribution is 7.15. The van der Waals surface area contributed by atoms with E-state index >= 15 is 0 Å². The molecule has 1 N–H and O–H groups in total. The first kappa shape index (κ1) is 15.7. The maximum atomic E-state index is 11.8. The molecule has 0 fully saturated rings. The average molecular weight is 328 g/mol. The SMILES string of the molecule is CC(C)(C)OC(=O)CCc1ccc(-c2c[nH]c3ncccc23)s1. The van der Waals surface area contributed by atoms with Gasteiger partial charge in [-0.1, -0.05) is 0 Å². The average Bonchev–Trinajstić information content (AvgIpc) is 3.09. The maximum absolute atomic E-state index is 11.8. The van der Waals surface area contributed by atoms with Crippen LogP contribution >= 0.6 is 11.3 Å². The van der Waals surface area contributed by atoms with Crippen LogP contribution in [0.5, 0.6) is 0 Å². The number of carbonyl (C=O) groups is 1. The minimum absolute atomic E-state index is 0.149. The Kier molecular flexibility index (Phi) is 4.22. The van der Waals surface area contributed by atoms with Gasteiger partial charge in [0.25, 0.3) is 0 Å². The van der Waals surface area contributed by atoms with Crippen molar-refractivity contribution in [2.45, 2.75) is 39.2 Å². The molecular weight excluding hydrogens is 308 g/mol. The number of hydrogen-bond donors (Lipinski definition) is 1. The molecule has 0 atom stereocenters. The molecule has 0 aliphatic rings. The lowest BCUT2D eigenvalue weighted by Crippen LogP contribution is -2.23. The van der Waals surface area contributed by atoms with Crippen molar-refractivity contribution in [2.24, 2.45) is 0 Å². The second-order valence-corrected chi connectivity index (χ2v) is 7.62. The molecule has 120 valence electrons. The summed E-state index contributed by atoms with van der Waals surface area (Å²) in [6.07, 6.45) is 4.89. The summed E-state index contributed by atoms with van der Waals surface area (Å²) in [7, 11) is 0. The number of H-pyrrole nitrogens is 1. The number of pyridine rings is 1. The molecule has 0 radical (unpaired) electrons. The first-order valence-corrected chi connectivity index (χ1v) is 8.47. The maximum Gasteiger partial charge on any atom is 0.306 e. The van der Waals surface area contributed by atoms with Crippen LogP contribution in [0.1, 0.15) is 32.1 Å². The molecule has 5 heteroatoms. The zero-order valence-electron chi connectivity index (χ0n) is 13.6. The fraction of sp³-hybridized carbons (Fsp3) is 0.333. The predicted molar refractivity (Wildman–Crippen MR) is 93.6 cm³/mol. The molecule has 0 unspecified atom stereocenters. The fourth-order valence-corrected chi connectivity index (χ4v) is 3.47. The van der Waals surface area contributed by atoms with Crippen LogP contribution in [0, 0.1) is 0 Å². The molecular formula is C18H20N2O2S. The Bertz CT molecular complexity index is 827. The van der Waals surface area contributed by atoms with Crippen LogP contribution in [0.4, 0.5) is 0 Å². The zero-order valence-corrected chi connectivity index (χ0v) is 14.4. The number of hydrogen-bond acceptors (Lipinski definition) is 4. The van der Waals surface area contributed by atoms with Gasteiger partial charge in [-0.25, -0.2) is 4.98 Å². The molecule has 0 aromatic carbocycles. The molecule has 0 saturated heterocycles. The van der Waals surface area contributed by atoms with E-state index in [1.165, 1.54) is 9.75 Å². The van der Waals surface area contributed by atoms with E-state index in [-0.39, 0.29) is 5.97 Å². The normalized spacial score (nSPS) is 11.8. The molecule has 3 aromatic heterocycles. The van der Waals surface area contributed by atoms with E-state index in [2.05, 4.69) is 28.2 Å². The fourth-order valence-electron chi connectivity index (χ4n) is 2.43. The molecule has 4 nitrogen and oxygen atoms in total. The highest BCUT2D eigenvalue weighted by Crippen LogP contribution is 2.33. The number of ether oxygens (including phenoxy) is 1. The highest BCUT2D eigenvalue weighted by Gasteiger charge is 2.16. The van der Waals surface area contributed by atoms with Gasteiger partial charge >= 0.3 is 5.97 Å². The summed E-state index contributed by atoms with van der Waals surface area (Å²) in [5, 5.41) is 1.12. The number of esters is 1. The van der Waals surface area contributed by atoms with Crippen molar-refractivity contribution in [1.82, 2.24) is 9.97 Å². The van der Waals surface area contributed by atoms with Gasteiger partial charge in [-0.05, 0) is 51.5 Å². The second kappa shape index (κ2) is 6.16. The Morgan fingerprint density at radius 1 is 1.30 bits per heavy atom. The summed E-state index contributed by atoms with van der Waals surface area (Å²) in [5.74, 6) is -0.149. The van der Waals surface area contributed by atoms with Gasteiger partial charge in [-0.15, -0.1) is 11.3 Å². The zero-order chi connectivity index (χ0) is 16.4. The van der Waals surface area contributed by atoms with Crippen LogP contribution in [0.15, 0.2) is 36.7 Å². The van der Waals surface area contributed by atoms with Crippen molar-refractivity contribution < 1.29 is 9.53 Å². The Morgan fingerprint density at radius 3 is 2.91 bits per heavy atom. The standard InChI is InChI=1S/C18H20N2O2S/c1-18(2,3)22-16(21)9-7-12-6-8-15(23-12)14-11-20-17-13(14)5-4-10-19-17/h4-6,8,10-11H,7,9H2,1-3H3,(H,19,20). The van der Waals surface area contributed by atoms with Crippen molar-refractivity contribution >= 4 is 28.3 Å². The summed E-state index contributed by atoms with van der Waals surface area (Å²) in [4.78, 5) is 21.7. The molecule has 0 aliphatic heterocycles. The molecule has 0 aliphatic carbocycles. The molecule has 0 spiro atoms. The van der Waals surface area contributed by atoms with Gasteiger partial charge in [0.2, 0.25) is 0 Å². The largest absolute Gasteiger partial charge is 0.460 e. The number of thiophene rings is 1. The van der Waals surface area contributed by atoms with E-state index < -0.39 is 5.60 Å². The van der Waals surface area contributed by atoms with Crippen molar-refractivity contribution in [3.8, 4) is 10.4 Å². The lowest BCUT2D eigenvalue weighted by Gasteiger charge is -2.19. The first-order valence-electron chi connectivity index (χ1n) is 7.65. The monoisotopic (exact) mass is 328 g/mol. The lowest BCUT2D eigenvalue weighted by molar-refractivity contribution is -0.154. The van der Waals surface area contributed by atoms with Crippen molar-refractivity contribution in [3.05, 3.63) is 41.5 Å². The molecule has 0 saturated carbocycles. The topological polar surface area (TPSA) is 55.0 Å². The van der Waals surface area contributed by atoms with Gasteiger partial charge < -0.3 is 9.72 Å². The van der Waals surface area contributed by atoms with Crippen LogP contribution in [0.2, 0.25) is 0 Å². The van der Waals surface area contributed by atoms with Crippen LogP contribution in [0.25, 0.3) is 21.5 Å². The van der Waals surface area contributed by atoms with Gasteiger partial charge in [0.15, 0.2) is 0 Å². The van der Waals surface area contributed by atoms with E-state index in [0.717, 1.165) is 16.6 Å². The molecule has 0 bridgehead atoms. The van der Waals surface area contributed by atoms with Gasteiger partial charge in [0.05, 0.1) is 6.42 Å². The number of aromatic amines is 1. The second-order valence-electron chi connectivity index (χ2n) is 6.45. The smallest absolute Gasteiger partial charge is 0.306 e. The first-order chi connectivity index (χ1) is 10.9. The number of carbonyl (C=O) groups excluding carboxylic acids is 1. The van der Waals surface area contributed by atoms with Gasteiger partial charge in [0, 0.05) is 33.1 Å². The third kappa shape index (κ3) is 3.79. The van der Waals surface area contributed by atoms with Crippen LogP contribution < -0.4 is 0 Å². The van der Waals surface area contributed by atoms with Gasteiger partial charge in [-0.3, -0.25) is 4.79 Å². The minimum atomic E-state index is -0.422. The summed E-state index contributed by atoms with van der Waals surface area (Å²) in [6.45, 7) is 5.66. The van der Waals surface area contributed by atoms with Crippen LogP contribution in [0.3, 0.4) is 0 Å². The van der Waals surface area contributed by atoms with Crippen molar-refractivity contribution in [3.63, 3.8) is 0 Å². The number of aryl methyl sites for hydroxylation is 1. The molecule has 3 aromatic rings. The number of fused-ring (bicyclic) bond motifs is 1. The van der Waals surface area contributed by atoms with E-state index in [4.69, 9.17) is 4.74 Å². The van der Waals surface area contributed by atoms with Gasteiger partial charge in [-0.2, -0.15) is 0 Å². The summed E-state index contributed by atoms with van der Waals surface area (Å²) in [5.41, 5.74) is 1.63. The quantitative estimate of drug-likeness (QED) is 0.714. The third-order valence-electron chi connectivity index (χ3n) is 3.37. The van der Waals surface area contributed by atoms with Crippen molar-refractivity contribution in [2.75, 3.05) is 0 Å². The van der Waals surface area contributed by atoms with E-state index in [0.29, 0.717) is 12.8 Å². The van der Waals surface area contributed by atoms with E-state index in [1.54, 1.807) is 17.5 Å². The number of rotatable bonds is 4. The Morgan fingerprint density at radius 2 is 2.13 bits per heavy atom. The molecule has 23 heavy (non-hydrogen) atoms. The number of aromatic nitrogens is 2. The number of nitrogens with zero attached hydrogens (tertiary/aromatic N) is 1. The predicted octanol–water partition coefficient (Wildman–Crippen LogP) is 4.57. The van der Waals surface area contributed by atoms with Crippen LogP contribution in [-0.4, -0.2) is 21.5 Å². The molecule has 0 amide bonds. The summed E-state index contributed by atoms with van der Waals surface area (Å²) >= 11 is 1.71. The minimum Gasteiger partial charge on any atom is -0.460 e. The Balaban J connectivity index is 1.70. The molecule has 3 rings (SSSR count). The Hall–Kier alpha value is -2.14. The molecule has 3 heterocycles. The summed E-state index contributed by atoms with van der Waals surface area (Å²) in [6, 6.07) is 8.19. The highest BCUT2D eigenvalue weighted by atomic mass is 32.1. The van der Waals surface area contributed by atoms with E-state index in [9.17, 15) is 4.79 Å². The van der Waals surface area contributed by atoms with Gasteiger partial charge in [0.1, 0.15) is 11.2 Å². The van der Waals surface area contributed by atoms with Crippen LogP contribution in [-0.2, 0) is 16.0 Å². The van der Waals surface area contributed by atoms with Crippen molar-refractivity contribution in [1.29, 1.82) is 0 Å². The Labute approximate surface area is 139 Å². The summed E-state index contributed by atoms with van der Waals surface area (Å²) < 4.78 is 5.35.